The van der Waals surface area contributed by atoms with Crippen molar-refractivity contribution in [1.82, 2.24) is 4.90 Å². The van der Waals surface area contributed by atoms with Gasteiger partial charge in [0, 0.05) is 26.2 Å². The molecule has 0 radical (unpaired) electrons. The average molecular weight is 396 g/mol. The fourth-order valence-electron chi connectivity index (χ4n) is 4.14. The second kappa shape index (κ2) is 9.18. The molecule has 0 bridgehead atoms. The Labute approximate surface area is 172 Å². The molecule has 6 heteroatoms. The van der Waals surface area contributed by atoms with Crippen LogP contribution in [0, 0.1) is 0 Å². The maximum atomic E-state index is 12.9. The van der Waals surface area contributed by atoms with E-state index in [0.29, 0.717) is 18.0 Å². The highest BCUT2D eigenvalue weighted by Gasteiger charge is 2.27. The second-order valence-electron chi connectivity index (χ2n) is 7.51. The fourth-order valence-corrected chi connectivity index (χ4v) is 4.14. The zero-order chi connectivity index (χ0) is 20.1. The van der Waals surface area contributed by atoms with Crippen molar-refractivity contribution in [1.29, 1.82) is 0 Å². The summed E-state index contributed by atoms with van der Waals surface area (Å²) in [7, 11) is 1.60. The van der Waals surface area contributed by atoms with E-state index < -0.39 is 0 Å². The molecule has 0 spiro atoms. The average Bonchev–Trinajstić information content (AvgIpc) is 3.29. The van der Waals surface area contributed by atoms with E-state index in [9.17, 15) is 4.79 Å². The molecular formula is C23H29N3O3. The summed E-state index contributed by atoms with van der Waals surface area (Å²) in [5.41, 5.74) is 2.09. The van der Waals surface area contributed by atoms with Crippen molar-refractivity contribution in [2.24, 2.45) is 0 Å². The number of fused-ring (bicyclic) bond motifs is 1. The van der Waals surface area contributed by atoms with Gasteiger partial charge >= 0.3 is 0 Å². The van der Waals surface area contributed by atoms with Gasteiger partial charge in [0.15, 0.2) is 18.1 Å². The maximum Gasteiger partial charge on any atom is 0.265 e. The number of likely N-dealkylation sites (tertiary alicyclic amines) is 1. The van der Waals surface area contributed by atoms with Crippen molar-refractivity contribution < 1.29 is 14.3 Å². The predicted molar refractivity (Wildman–Crippen MR) is 115 cm³/mol. The second-order valence-corrected chi connectivity index (χ2v) is 7.51. The first-order valence-corrected chi connectivity index (χ1v) is 10.4. The zero-order valence-electron chi connectivity index (χ0n) is 17.0. The minimum atomic E-state index is -0.0393. The van der Waals surface area contributed by atoms with E-state index in [1.54, 1.807) is 7.11 Å². The number of para-hydroxylation sites is 4. The Morgan fingerprint density at radius 2 is 1.55 bits per heavy atom. The largest absolute Gasteiger partial charge is 0.493 e. The Kier molecular flexibility index (Phi) is 6.20. The lowest BCUT2D eigenvalue weighted by atomic mass is 10.1. The Balaban J connectivity index is 1.42. The molecule has 0 unspecified atom stereocenters. The number of benzene rings is 2. The zero-order valence-corrected chi connectivity index (χ0v) is 17.0. The summed E-state index contributed by atoms with van der Waals surface area (Å²) in [5, 5.41) is 0. The van der Waals surface area contributed by atoms with Gasteiger partial charge in [-0.2, -0.15) is 0 Å². The number of ether oxygens (including phenoxy) is 2. The van der Waals surface area contributed by atoms with E-state index in [1.165, 1.54) is 25.9 Å². The van der Waals surface area contributed by atoms with E-state index in [2.05, 4.69) is 15.9 Å². The number of carbonyl (C=O) groups excluding carboxylic acids is 1. The monoisotopic (exact) mass is 395 g/mol. The number of methoxy groups -OCH3 is 1. The molecule has 1 fully saturated rings. The minimum Gasteiger partial charge on any atom is -0.493 e. The summed E-state index contributed by atoms with van der Waals surface area (Å²) in [5.74, 6) is 1.18. The van der Waals surface area contributed by atoms with E-state index in [0.717, 1.165) is 31.0 Å². The molecule has 1 amide bonds. The van der Waals surface area contributed by atoms with Crippen molar-refractivity contribution in [3.8, 4) is 11.5 Å². The highest BCUT2D eigenvalue weighted by Crippen LogP contribution is 2.33. The van der Waals surface area contributed by atoms with Crippen LogP contribution in [0.2, 0.25) is 0 Å². The molecule has 0 saturated carbocycles. The van der Waals surface area contributed by atoms with E-state index >= 15 is 0 Å². The van der Waals surface area contributed by atoms with Crippen molar-refractivity contribution in [3.05, 3.63) is 48.5 Å². The SMILES string of the molecule is COc1ccccc1OCC(=O)N1CCN(CCN2CCCC2)c2ccccc21. The predicted octanol–water partition coefficient (Wildman–Crippen LogP) is 3.02. The normalized spacial score (nSPS) is 16.6. The van der Waals surface area contributed by atoms with Crippen LogP contribution in [0.4, 0.5) is 11.4 Å². The van der Waals surface area contributed by atoms with E-state index in [-0.39, 0.29) is 12.5 Å². The standard InChI is InChI=1S/C23H29N3O3/c1-28-21-10-4-5-11-22(21)29-18-23(27)26-17-16-25(15-14-24-12-6-7-13-24)19-8-2-3-9-20(19)26/h2-5,8-11H,6-7,12-18H2,1H3. The molecule has 4 rings (SSSR count). The number of amides is 1. The van der Waals surface area contributed by atoms with Crippen LogP contribution >= 0.6 is 0 Å². The van der Waals surface area contributed by atoms with Gasteiger partial charge in [0.2, 0.25) is 0 Å². The Hall–Kier alpha value is -2.73. The van der Waals surface area contributed by atoms with Crippen molar-refractivity contribution >= 4 is 17.3 Å². The first kappa shape index (κ1) is 19.6. The number of carbonyl (C=O) groups is 1. The molecule has 2 aromatic carbocycles. The third-order valence-electron chi connectivity index (χ3n) is 5.71. The smallest absolute Gasteiger partial charge is 0.265 e. The Morgan fingerprint density at radius 3 is 2.31 bits per heavy atom. The molecule has 1 saturated heterocycles. The highest BCUT2D eigenvalue weighted by atomic mass is 16.5. The first-order chi connectivity index (χ1) is 14.3. The third kappa shape index (κ3) is 4.48. The molecule has 0 aromatic heterocycles. The van der Waals surface area contributed by atoms with Crippen LogP contribution in [0.25, 0.3) is 0 Å². The number of nitrogens with zero attached hydrogens (tertiary/aromatic N) is 3. The molecule has 2 aliphatic heterocycles. The van der Waals surface area contributed by atoms with Gasteiger partial charge < -0.3 is 24.2 Å². The van der Waals surface area contributed by atoms with Crippen LogP contribution in [-0.2, 0) is 4.79 Å². The summed E-state index contributed by atoms with van der Waals surface area (Å²) >= 11 is 0. The fraction of sp³-hybridized carbons (Fsp3) is 0.435. The van der Waals surface area contributed by atoms with Gasteiger partial charge in [-0.1, -0.05) is 24.3 Å². The topological polar surface area (TPSA) is 45.3 Å². The van der Waals surface area contributed by atoms with Crippen LogP contribution in [-0.4, -0.2) is 63.8 Å². The van der Waals surface area contributed by atoms with E-state index in [4.69, 9.17) is 9.47 Å². The molecule has 2 heterocycles. The van der Waals surface area contributed by atoms with Gasteiger partial charge in [0.05, 0.1) is 18.5 Å². The van der Waals surface area contributed by atoms with Gasteiger partial charge in [-0.3, -0.25) is 4.79 Å². The summed E-state index contributed by atoms with van der Waals surface area (Å²) in [6.45, 7) is 6.00. The van der Waals surface area contributed by atoms with Crippen LogP contribution in [0.15, 0.2) is 48.5 Å². The van der Waals surface area contributed by atoms with Crippen molar-refractivity contribution in [2.45, 2.75) is 12.8 Å². The van der Waals surface area contributed by atoms with Crippen LogP contribution in [0.1, 0.15) is 12.8 Å². The molecule has 0 atom stereocenters. The Morgan fingerprint density at radius 1 is 0.862 bits per heavy atom. The third-order valence-corrected chi connectivity index (χ3v) is 5.71. The lowest BCUT2D eigenvalue weighted by molar-refractivity contribution is -0.120. The highest BCUT2D eigenvalue weighted by molar-refractivity contribution is 5.98. The van der Waals surface area contributed by atoms with Crippen molar-refractivity contribution in [2.75, 3.05) is 62.8 Å². The number of hydrogen-bond donors (Lipinski definition) is 0. The molecule has 2 aliphatic rings. The lowest BCUT2D eigenvalue weighted by Crippen LogP contribution is -2.47. The Bertz CT molecular complexity index is 836. The van der Waals surface area contributed by atoms with Gasteiger partial charge in [0.25, 0.3) is 5.91 Å². The quantitative estimate of drug-likeness (QED) is 0.721. The molecule has 2 aromatic rings. The van der Waals surface area contributed by atoms with Gasteiger partial charge in [-0.15, -0.1) is 0 Å². The number of anilines is 2. The molecule has 29 heavy (non-hydrogen) atoms. The van der Waals surface area contributed by atoms with E-state index in [1.807, 2.05) is 47.4 Å². The van der Waals surface area contributed by atoms with Gasteiger partial charge in [0.1, 0.15) is 0 Å². The molecular weight excluding hydrogens is 366 g/mol. The maximum absolute atomic E-state index is 12.9. The van der Waals surface area contributed by atoms with Gasteiger partial charge in [-0.25, -0.2) is 0 Å². The number of rotatable bonds is 7. The first-order valence-electron chi connectivity index (χ1n) is 10.4. The molecule has 0 N–H and O–H groups in total. The molecule has 0 aliphatic carbocycles. The summed E-state index contributed by atoms with van der Waals surface area (Å²) in [6, 6.07) is 15.6. The van der Waals surface area contributed by atoms with Crippen LogP contribution in [0.5, 0.6) is 11.5 Å². The summed E-state index contributed by atoms with van der Waals surface area (Å²) in [6.07, 6.45) is 2.62. The summed E-state index contributed by atoms with van der Waals surface area (Å²) in [4.78, 5) is 19.7. The van der Waals surface area contributed by atoms with Gasteiger partial charge in [-0.05, 0) is 50.2 Å². The van der Waals surface area contributed by atoms with Crippen molar-refractivity contribution in [3.63, 3.8) is 0 Å². The lowest BCUT2D eigenvalue weighted by Gasteiger charge is -2.38. The summed E-state index contributed by atoms with van der Waals surface area (Å²) < 4.78 is 11.1. The van der Waals surface area contributed by atoms with Crippen LogP contribution in [0.3, 0.4) is 0 Å². The number of hydrogen-bond acceptors (Lipinski definition) is 5. The van der Waals surface area contributed by atoms with Crippen LogP contribution < -0.4 is 19.3 Å². The molecule has 6 nitrogen and oxygen atoms in total. The molecule has 154 valence electrons. The minimum absolute atomic E-state index is 0.0114.